The van der Waals surface area contributed by atoms with Crippen LogP contribution in [-0.2, 0) is 6.42 Å². The predicted molar refractivity (Wildman–Crippen MR) is 72.6 cm³/mol. The summed E-state index contributed by atoms with van der Waals surface area (Å²) >= 11 is 0. The standard InChI is InChI=1S/C16H13N3O/c17-9-11-1-3-12(4-2-11)19-10-18-13-7-16(5-6-16)8-14(20)15(13)19/h1-4,10H,5-8H2. The molecule has 0 atom stereocenters. The van der Waals surface area contributed by atoms with Gasteiger partial charge in [0.2, 0.25) is 0 Å². The van der Waals surface area contributed by atoms with E-state index in [9.17, 15) is 4.79 Å². The largest absolute Gasteiger partial charge is 0.296 e. The van der Waals surface area contributed by atoms with Gasteiger partial charge in [-0.25, -0.2) is 4.98 Å². The molecule has 98 valence electrons. The number of hydrogen-bond donors (Lipinski definition) is 0. The average Bonchev–Trinajstić information content (AvgIpc) is 3.05. The first-order valence-corrected chi connectivity index (χ1v) is 6.81. The first kappa shape index (κ1) is 11.4. The molecule has 1 aromatic carbocycles. The van der Waals surface area contributed by atoms with Gasteiger partial charge in [0.25, 0.3) is 0 Å². The second-order valence-corrected chi connectivity index (χ2v) is 5.85. The van der Waals surface area contributed by atoms with Crippen LogP contribution in [0.5, 0.6) is 0 Å². The lowest BCUT2D eigenvalue weighted by Gasteiger charge is -2.20. The molecule has 4 heteroatoms. The van der Waals surface area contributed by atoms with E-state index in [0.717, 1.165) is 36.3 Å². The number of ketones is 1. The number of fused-ring (bicyclic) bond motifs is 1. The normalized spacial score (nSPS) is 18.6. The lowest BCUT2D eigenvalue weighted by atomic mass is 9.86. The molecular weight excluding hydrogens is 250 g/mol. The molecular formula is C16H13N3O. The van der Waals surface area contributed by atoms with Crippen molar-refractivity contribution in [3.8, 4) is 11.8 Å². The summed E-state index contributed by atoms with van der Waals surface area (Å²) in [4.78, 5) is 16.8. The zero-order valence-corrected chi connectivity index (χ0v) is 11.0. The summed E-state index contributed by atoms with van der Waals surface area (Å²) in [7, 11) is 0. The molecule has 0 saturated heterocycles. The maximum absolute atomic E-state index is 12.4. The number of carbonyl (C=O) groups excluding carboxylic acids is 1. The van der Waals surface area contributed by atoms with E-state index in [1.807, 2.05) is 16.7 Å². The summed E-state index contributed by atoms with van der Waals surface area (Å²) in [6, 6.07) is 9.33. The van der Waals surface area contributed by atoms with Gasteiger partial charge in [-0.05, 0) is 48.9 Å². The highest BCUT2D eigenvalue weighted by Crippen LogP contribution is 2.54. The third-order valence-electron chi connectivity index (χ3n) is 4.42. The first-order valence-electron chi connectivity index (χ1n) is 6.81. The van der Waals surface area contributed by atoms with Crippen LogP contribution < -0.4 is 0 Å². The van der Waals surface area contributed by atoms with Crippen molar-refractivity contribution in [2.45, 2.75) is 25.7 Å². The minimum Gasteiger partial charge on any atom is -0.296 e. The molecule has 0 radical (unpaired) electrons. The van der Waals surface area contributed by atoms with Gasteiger partial charge in [0, 0.05) is 12.1 Å². The van der Waals surface area contributed by atoms with Crippen LogP contribution in [0, 0.1) is 16.7 Å². The molecule has 0 N–H and O–H groups in total. The summed E-state index contributed by atoms with van der Waals surface area (Å²) in [6.45, 7) is 0. The topological polar surface area (TPSA) is 58.7 Å². The van der Waals surface area contributed by atoms with Crippen molar-refractivity contribution in [2.75, 3.05) is 0 Å². The lowest BCUT2D eigenvalue weighted by Crippen LogP contribution is -2.23. The Morgan fingerprint density at radius 1 is 1.20 bits per heavy atom. The number of aromatic nitrogens is 2. The minimum atomic E-state index is 0.200. The maximum atomic E-state index is 12.4. The van der Waals surface area contributed by atoms with Gasteiger partial charge >= 0.3 is 0 Å². The van der Waals surface area contributed by atoms with Crippen LogP contribution in [0.1, 0.15) is 41.0 Å². The Balaban J connectivity index is 1.79. The molecule has 1 saturated carbocycles. The number of benzene rings is 1. The third-order valence-corrected chi connectivity index (χ3v) is 4.42. The zero-order valence-electron chi connectivity index (χ0n) is 11.0. The summed E-state index contributed by atoms with van der Waals surface area (Å²) < 4.78 is 1.86. The van der Waals surface area contributed by atoms with Crippen LogP contribution in [0.3, 0.4) is 0 Å². The average molecular weight is 263 g/mol. The highest BCUT2D eigenvalue weighted by Gasteiger charge is 2.49. The van der Waals surface area contributed by atoms with Crippen LogP contribution in [0.4, 0.5) is 0 Å². The van der Waals surface area contributed by atoms with Gasteiger partial charge in [0.05, 0.1) is 17.3 Å². The summed E-state index contributed by atoms with van der Waals surface area (Å²) in [5.41, 5.74) is 3.40. The monoisotopic (exact) mass is 263 g/mol. The number of nitriles is 1. The number of rotatable bonds is 1. The van der Waals surface area contributed by atoms with E-state index in [4.69, 9.17) is 5.26 Å². The van der Waals surface area contributed by atoms with Crippen molar-refractivity contribution in [1.82, 2.24) is 9.55 Å². The molecule has 2 aromatic rings. The number of imidazole rings is 1. The van der Waals surface area contributed by atoms with E-state index in [1.165, 1.54) is 0 Å². The molecule has 1 heterocycles. The smallest absolute Gasteiger partial charge is 0.182 e. The van der Waals surface area contributed by atoms with E-state index in [-0.39, 0.29) is 11.2 Å². The third kappa shape index (κ3) is 1.60. The van der Waals surface area contributed by atoms with Crippen molar-refractivity contribution in [1.29, 1.82) is 5.26 Å². The molecule has 20 heavy (non-hydrogen) atoms. The summed E-state index contributed by atoms with van der Waals surface area (Å²) in [6.07, 6.45) is 5.62. The molecule has 4 nitrogen and oxygen atoms in total. The second-order valence-electron chi connectivity index (χ2n) is 5.85. The quantitative estimate of drug-likeness (QED) is 0.794. The fraction of sp³-hybridized carbons (Fsp3) is 0.312. The number of nitrogens with zero attached hydrogens (tertiary/aromatic N) is 3. The van der Waals surface area contributed by atoms with E-state index < -0.39 is 0 Å². The molecule has 0 aliphatic heterocycles. The van der Waals surface area contributed by atoms with Crippen molar-refractivity contribution in [3.63, 3.8) is 0 Å². The van der Waals surface area contributed by atoms with E-state index in [2.05, 4.69) is 11.1 Å². The van der Waals surface area contributed by atoms with E-state index in [0.29, 0.717) is 12.0 Å². The molecule has 0 amide bonds. The van der Waals surface area contributed by atoms with Crippen LogP contribution in [0.2, 0.25) is 0 Å². The Kier molecular flexibility index (Phi) is 2.17. The minimum absolute atomic E-state index is 0.200. The molecule has 1 aromatic heterocycles. The highest BCUT2D eigenvalue weighted by atomic mass is 16.1. The molecule has 4 rings (SSSR count). The Bertz CT molecular complexity index is 745. The summed E-state index contributed by atoms with van der Waals surface area (Å²) in [5, 5.41) is 8.83. The van der Waals surface area contributed by atoms with Crippen molar-refractivity contribution in [3.05, 3.63) is 47.5 Å². The fourth-order valence-electron chi connectivity index (χ4n) is 3.07. The SMILES string of the molecule is N#Cc1ccc(-n2cnc3c2C(=O)CC2(CC2)C3)cc1. The summed E-state index contributed by atoms with van der Waals surface area (Å²) in [5.74, 6) is 0.200. The van der Waals surface area contributed by atoms with Gasteiger partial charge in [-0.1, -0.05) is 0 Å². The maximum Gasteiger partial charge on any atom is 0.182 e. The van der Waals surface area contributed by atoms with Crippen LogP contribution in [0.25, 0.3) is 5.69 Å². The van der Waals surface area contributed by atoms with Gasteiger partial charge in [0.15, 0.2) is 5.78 Å². The van der Waals surface area contributed by atoms with Crippen LogP contribution in [-0.4, -0.2) is 15.3 Å². The molecule has 2 aliphatic carbocycles. The van der Waals surface area contributed by atoms with Crippen LogP contribution >= 0.6 is 0 Å². The van der Waals surface area contributed by atoms with Crippen molar-refractivity contribution < 1.29 is 4.79 Å². The van der Waals surface area contributed by atoms with Gasteiger partial charge in [-0.3, -0.25) is 9.36 Å². The first-order chi connectivity index (χ1) is 9.71. The molecule has 1 fully saturated rings. The molecule has 1 spiro atoms. The van der Waals surface area contributed by atoms with Crippen LogP contribution in [0.15, 0.2) is 30.6 Å². The Morgan fingerprint density at radius 2 is 1.95 bits per heavy atom. The molecule has 0 bridgehead atoms. The fourth-order valence-corrected chi connectivity index (χ4v) is 3.07. The van der Waals surface area contributed by atoms with Gasteiger partial charge in [0.1, 0.15) is 12.0 Å². The molecule has 0 unspecified atom stereocenters. The Hall–Kier alpha value is -2.41. The number of Topliss-reactive ketones (excluding diaryl/α,β-unsaturated/α-hetero) is 1. The van der Waals surface area contributed by atoms with Crippen molar-refractivity contribution in [2.24, 2.45) is 5.41 Å². The molecule has 2 aliphatic rings. The number of carbonyl (C=O) groups is 1. The Morgan fingerprint density at radius 3 is 2.60 bits per heavy atom. The highest BCUT2D eigenvalue weighted by molar-refractivity contribution is 5.98. The van der Waals surface area contributed by atoms with Crippen molar-refractivity contribution >= 4 is 5.78 Å². The van der Waals surface area contributed by atoms with E-state index in [1.54, 1.807) is 18.5 Å². The number of hydrogen-bond acceptors (Lipinski definition) is 3. The zero-order chi connectivity index (χ0) is 13.7. The second kappa shape index (κ2) is 3.80. The Labute approximate surface area is 116 Å². The predicted octanol–water partition coefficient (Wildman–Crippen LogP) is 2.65. The lowest BCUT2D eigenvalue weighted by molar-refractivity contribution is 0.0933. The van der Waals surface area contributed by atoms with Gasteiger partial charge in [-0.15, -0.1) is 0 Å². The van der Waals surface area contributed by atoms with E-state index >= 15 is 0 Å². The van der Waals surface area contributed by atoms with Gasteiger partial charge < -0.3 is 0 Å². The van der Waals surface area contributed by atoms with Gasteiger partial charge in [-0.2, -0.15) is 5.26 Å².